The number of hydrogen-bond donors (Lipinski definition) is 1. The average molecular weight is 504 g/mol. The summed E-state index contributed by atoms with van der Waals surface area (Å²) < 4.78 is 40.1. The summed E-state index contributed by atoms with van der Waals surface area (Å²) in [6.45, 7) is -1.00. The van der Waals surface area contributed by atoms with E-state index < -0.39 is 12.5 Å². The van der Waals surface area contributed by atoms with Crippen LogP contribution in [0.5, 0.6) is 17.2 Å². The van der Waals surface area contributed by atoms with Gasteiger partial charge in [-0.1, -0.05) is 19.1 Å². The molecule has 9 nitrogen and oxygen atoms in total. The lowest BCUT2D eigenvalue weighted by Crippen LogP contribution is -2.12. The number of rotatable bonds is 8. The second kappa shape index (κ2) is 10.1. The van der Waals surface area contributed by atoms with E-state index in [9.17, 15) is 13.6 Å². The van der Waals surface area contributed by atoms with Crippen LogP contribution in [-0.4, -0.2) is 36.9 Å². The molecular weight excluding hydrogens is 482 g/mol. The minimum absolute atomic E-state index is 0.115. The van der Waals surface area contributed by atoms with E-state index in [0.29, 0.717) is 17.1 Å². The van der Waals surface area contributed by atoms with Gasteiger partial charge in [0.05, 0.1) is 17.4 Å². The van der Waals surface area contributed by atoms with E-state index >= 15 is 0 Å². The van der Waals surface area contributed by atoms with E-state index in [4.69, 9.17) is 9.47 Å². The number of fused-ring (bicyclic) bond motifs is 1. The summed E-state index contributed by atoms with van der Waals surface area (Å²) in [5, 5.41) is 11.3. The van der Waals surface area contributed by atoms with Crippen LogP contribution in [-0.2, 0) is 13.5 Å². The fourth-order valence-electron chi connectivity index (χ4n) is 3.84. The lowest BCUT2D eigenvalue weighted by Gasteiger charge is -2.13. The van der Waals surface area contributed by atoms with Gasteiger partial charge < -0.3 is 14.8 Å². The van der Waals surface area contributed by atoms with Crippen molar-refractivity contribution in [2.45, 2.75) is 20.0 Å². The number of aromatic nitrogens is 5. The van der Waals surface area contributed by atoms with E-state index in [1.54, 1.807) is 37.8 Å². The van der Waals surface area contributed by atoms with Gasteiger partial charge in [0.1, 0.15) is 28.5 Å². The van der Waals surface area contributed by atoms with Crippen molar-refractivity contribution >= 4 is 17.2 Å². The van der Waals surface area contributed by atoms with E-state index in [-0.39, 0.29) is 28.3 Å². The Bertz CT molecular complexity index is 1560. The molecule has 0 spiro atoms. The first-order valence-electron chi connectivity index (χ1n) is 11.4. The average Bonchev–Trinajstić information content (AvgIpc) is 3.48. The number of hydrogen-bond acceptors (Lipinski definition) is 6. The Hall–Kier alpha value is -4.80. The van der Waals surface area contributed by atoms with Crippen LogP contribution in [0.4, 0.5) is 14.5 Å². The lowest BCUT2D eigenvalue weighted by atomic mass is 10.1. The fourth-order valence-corrected chi connectivity index (χ4v) is 3.84. The third kappa shape index (κ3) is 5.10. The number of amides is 1. The van der Waals surface area contributed by atoms with Crippen molar-refractivity contribution in [3.05, 3.63) is 84.4 Å². The topological polar surface area (TPSA) is 95.6 Å². The molecule has 3 aromatic heterocycles. The van der Waals surface area contributed by atoms with Crippen molar-refractivity contribution in [3.8, 4) is 28.5 Å². The maximum atomic E-state index is 13.2. The van der Waals surface area contributed by atoms with Gasteiger partial charge in [-0.3, -0.25) is 9.48 Å². The van der Waals surface area contributed by atoms with Crippen molar-refractivity contribution < 1.29 is 23.0 Å². The zero-order valence-electron chi connectivity index (χ0n) is 19.9. The smallest absolute Gasteiger partial charge is 0.387 e. The molecule has 1 N–H and O–H groups in total. The number of nitrogens with zero attached hydrogens (tertiary/aromatic N) is 5. The molecule has 37 heavy (non-hydrogen) atoms. The molecule has 0 aliphatic rings. The molecule has 0 radical (unpaired) electrons. The predicted octanol–water partition coefficient (Wildman–Crippen LogP) is 5.34. The normalized spacial score (nSPS) is 11.2. The Balaban J connectivity index is 1.50. The van der Waals surface area contributed by atoms with Gasteiger partial charge in [-0.2, -0.15) is 19.0 Å². The lowest BCUT2D eigenvalue weighted by molar-refractivity contribution is -0.0494. The van der Waals surface area contributed by atoms with E-state index in [1.807, 2.05) is 24.3 Å². The Morgan fingerprint density at radius 3 is 2.68 bits per heavy atom. The molecule has 0 unspecified atom stereocenters. The van der Waals surface area contributed by atoms with Gasteiger partial charge in [-0.25, -0.2) is 9.50 Å². The Labute approximate surface area is 210 Å². The summed E-state index contributed by atoms with van der Waals surface area (Å²) >= 11 is 0. The zero-order chi connectivity index (χ0) is 25.9. The first-order valence-corrected chi connectivity index (χ1v) is 11.4. The minimum atomic E-state index is -3.06. The molecule has 5 aromatic rings. The maximum Gasteiger partial charge on any atom is 0.387 e. The summed E-state index contributed by atoms with van der Waals surface area (Å²) in [6.07, 6.45) is 7.08. The molecule has 3 heterocycles. The standard InChI is InChI=1S/C26H22F2N6O3/c1-3-16-5-7-17(8-6-16)36-18-9-10-22(37-26(27)28)19(13-18)23-21(15-33(2)32-23)31-25(35)20-14-30-34-12-4-11-29-24(20)34/h4-15,26H,3H2,1-2H3,(H,31,35). The second-order valence-electron chi connectivity index (χ2n) is 8.10. The number of carbonyl (C=O) groups is 1. The summed E-state index contributed by atoms with van der Waals surface area (Å²) in [7, 11) is 1.65. The Kier molecular flexibility index (Phi) is 6.50. The van der Waals surface area contributed by atoms with Gasteiger partial charge in [0.25, 0.3) is 5.91 Å². The van der Waals surface area contributed by atoms with E-state index in [1.165, 1.54) is 27.5 Å². The highest BCUT2D eigenvalue weighted by molar-refractivity contribution is 6.09. The molecule has 2 aromatic carbocycles. The number of benzene rings is 2. The predicted molar refractivity (Wildman–Crippen MR) is 132 cm³/mol. The quantitative estimate of drug-likeness (QED) is 0.307. The fraction of sp³-hybridized carbons (Fsp3) is 0.154. The molecule has 0 saturated heterocycles. The molecule has 0 bridgehead atoms. The molecule has 0 aliphatic heterocycles. The van der Waals surface area contributed by atoms with Crippen LogP contribution in [0.3, 0.4) is 0 Å². The number of halogens is 2. The number of alkyl halides is 2. The van der Waals surface area contributed by atoms with Crippen LogP contribution in [0.2, 0.25) is 0 Å². The first kappa shape index (κ1) is 23.9. The molecule has 5 rings (SSSR count). The molecule has 1 amide bonds. The third-order valence-corrected chi connectivity index (χ3v) is 5.59. The summed E-state index contributed by atoms with van der Waals surface area (Å²) in [4.78, 5) is 17.3. The van der Waals surface area contributed by atoms with Crippen molar-refractivity contribution in [2.24, 2.45) is 7.05 Å². The SMILES string of the molecule is CCc1ccc(Oc2ccc(OC(F)F)c(-c3nn(C)cc3NC(=O)c3cnn4cccnc34)c2)cc1. The zero-order valence-corrected chi connectivity index (χ0v) is 19.9. The van der Waals surface area contributed by atoms with Crippen LogP contribution in [0.1, 0.15) is 22.8 Å². The van der Waals surface area contributed by atoms with Crippen molar-refractivity contribution in [3.63, 3.8) is 0 Å². The largest absolute Gasteiger partial charge is 0.457 e. The van der Waals surface area contributed by atoms with Crippen LogP contribution >= 0.6 is 0 Å². The second-order valence-corrected chi connectivity index (χ2v) is 8.10. The highest BCUT2D eigenvalue weighted by Gasteiger charge is 2.22. The molecule has 0 aliphatic carbocycles. The maximum absolute atomic E-state index is 13.2. The molecule has 188 valence electrons. The summed E-state index contributed by atoms with van der Waals surface area (Å²) in [5.41, 5.74) is 2.50. The van der Waals surface area contributed by atoms with E-state index in [2.05, 4.69) is 27.4 Å². The summed E-state index contributed by atoms with van der Waals surface area (Å²) in [6, 6.07) is 13.7. The molecular formula is C26H22F2N6O3. The van der Waals surface area contributed by atoms with Gasteiger partial charge in [0, 0.05) is 25.6 Å². The monoisotopic (exact) mass is 504 g/mol. The minimum Gasteiger partial charge on any atom is -0.457 e. The van der Waals surface area contributed by atoms with Gasteiger partial charge in [-0.15, -0.1) is 0 Å². The van der Waals surface area contributed by atoms with Crippen LogP contribution in [0, 0.1) is 0 Å². The Morgan fingerprint density at radius 1 is 1.14 bits per heavy atom. The van der Waals surface area contributed by atoms with E-state index in [0.717, 1.165) is 12.0 Å². The van der Waals surface area contributed by atoms with Crippen LogP contribution < -0.4 is 14.8 Å². The van der Waals surface area contributed by atoms with Gasteiger partial charge in [-0.05, 0) is 48.4 Å². The third-order valence-electron chi connectivity index (χ3n) is 5.59. The number of carbonyl (C=O) groups excluding carboxylic acids is 1. The summed E-state index contributed by atoms with van der Waals surface area (Å²) in [5.74, 6) is 0.370. The number of anilines is 1. The highest BCUT2D eigenvalue weighted by Crippen LogP contribution is 2.38. The van der Waals surface area contributed by atoms with Crippen LogP contribution in [0.25, 0.3) is 16.9 Å². The molecule has 0 saturated carbocycles. The molecule has 11 heteroatoms. The van der Waals surface area contributed by atoms with Gasteiger partial charge in [0.2, 0.25) is 0 Å². The first-order chi connectivity index (χ1) is 17.9. The van der Waals surface area contributed by atoms with Gasteiger partial charge >= 0.3 is 6.61 Å². The number of nitrogens with one attached hydrogen (secondary N) is 1. The Morgan fingerprint density at radius 2 is 1.92 bits per heavy atom. The molecule has 0 atom stereocenters. The van der Waals surface area contributed by atoms with Gasteiger partial charge in [0.15, 0.2) is 5.65 Å². The van der Waals surface area contributed by atoms with Crippen molar-refractivity contribution in [1.29, 1.82) is 0 Å². The highest BCUT2D eigenvalue weighted by atomic mass is 19.3. The molecule has 0 fully saturated rings. The number of ether oxygens (including phenoxy) is 2. The van der Waals surface area contributed by atoms with Crippen molar-refractivity contribution in [1.82, 2.24) is 24.4 Å². The van der Waals surface area contributed by atoms with Crippen molar-refractivity contribution in [2.75, 3.05) is 5.32 Å². The number of aryl methyl sites for hydroxylation is 2. The van der Waals surface area contributed by atoms with Crippen LogP contribution in [0.15, 0.2) is 73.3 Å².